The molecule has 0 radical (unpaired) electrons. The second-order valence-electron chi connectivity index (χ2n) is 7.02. The molecular formula is C24H25N3O3. The number of nitrogens with zero attached hydrogens (tertiary/aromatic N) is 2. The summed E-state index contributed by atoms with van der Waals surface area (Å²) in [6, 6.07) is 24.9. The molecule has 0 bridgehead atoms. The predicted molar refractivity (Wildman–Crippen MR) is 119 cm³/mol. The van der Waals surface area contributed by atoms with Gasteiger partial charge < -0.3 is 24.6 Å². The monoisotopic (exact) mass is 403 g/mol. The SMILES string of the molecule is COc1cccc(N2CCN(C(=O)Nc3ccccc3Oc3ccccc3)CC2)c1. The molecule has 0 aromatic heterocycles. The first-order valence-corrected chi connectivity index (χ1v) is 10.00. The van der Waals surface area contributed by atoms with Gasteiger partial charge in [-0.1, -0.05) is 36.4 Å². The number of hydrogen-bond donors (Lipinski definition) is 1. The largest absolute Gasteiger partial charge is 0.497 e. The normalized spacial score (nSPS) is 13.6. The molecule has 1 saturated heterocycles. The lowest BCUT2D eigenvalue weighted by atomic mass is 10.2. The number of piperazine rings is 1. The van der Waals surface area contributed by atoms with E-state index in [9.17, 15) is 4.79 Å². The average Bonchev–Trinajstić information content (AvgIpc) is 2.81. The zero-order valence-electron chi connectivity index (χ0n) is 17.0. The lowest BCUT2D eigenvalue weighted by Crippen LogP contribution is -2.50. The predicted octanol–water partition coefficient (Wildman–Crippen LogP) is 4.84. The lowest BCUT2D eigenvalue weighted by molar-refractivity contribution is 0.208. The molecule has 1 aliphatic heterocycles. The molecule has 1 N–H and O–H groups in total. The van der Waals surface area contributed by atoms with E-state index in [0.717, 1.165) is 30.3 Å². The van der Waals surface area contributed by atoms with Crippen LogP contribution < -0.4 is 19.7 Å². The number of ether oxygens (including phenoxy) is 2. The van der Waals surface area contributed by atoms with Gasteiger partial charge >= 0.3 is 6.03 Å². The minimum absolute atomic E-state index is 0.121. The summed E-state index contributed by atoms with van der Waals surface area (Å²) < 4.78 is 11.3. The Bertz CT molecular complexity index is 986. The Morgan fingerprint density at radius 1 is 0.833 bits per heavy atom. The van der Waals surface area contributed by atoms with E-state index in [1.807, 2.05) is 77.7 Å². The van der Waals surface area contributed by atoms with Crippen molar-refractivity contribution >= 4 is 17.4 Å². The highest BCUT2D eigenvalue weighted by Gasteiger charge is 2.22. The van der Waals surface area contributed by atoms with Gasteiger partial charge in [-0.05, 0) is 36.4 Å². The number of hydrogen-bond acceptors (Lipinski definition) is 4. The molecule has 4 rings (SSSR count). The van der Waals surface area contributed by atoms with E-state index >= 15 is 0 Å². The summed E-state index contributed by atoms with van der Waals surface area (Å²) in [4.78, 5) is 16.9. The lowest BCUT2D eigenvalue weighted by Gasteiger charge is -2.36. The van der Waals surface area contributed by atoms with Gasteiger partial charge in [-0.25, -0.2) is 4.79 Å². The Kier molecular flexibility index (Phi) is 6.03. The number of benzene rings is 3. The van der Waals surface area contributed by atoms with Gasteiger partial charge in [-0.2, -0.15) is 0 Å². The first kappa shape index (κ1) is 19.6. The van der Waals surface area contributed by atoms with Gasteiger partial charge in [0.2, 0.25) is 0 Å². The first-order valence-electron chi connectivity index (χ1n) is 10.00. The quantitative estimate of drug-likeness (QED) is 0.662. The summed E-state index contributed by atoms with van der Waals surface area (Å²) >= 11 is 0. The van der Waals surface area contributed by atoms with Crippen molar-refractivity contribution in [2.45, 2.75) is 0 Å². The van der Waals surface area contributed by atoms with E-state index in [0.29, 0.717) is 24.5 Å². The standard InChI is InChI=1S/C24H25N3O3/c1-29-21-11-7-8-19(18-21)26-14-16-27(17-15-26)24(28)25-22-12-5-6-13-23(22)30-20-9-3-2-4-10-20/h2-13,18H,14-17H2,1H3,(H,25,28). The van der Waals surface area contributed by atoms with Crippen LogP contribution in [0.3, 0.4) is 0 Å². The number of methoxy groups -OCH3 is 1. The molecule has 3 aromatic rings. The van der Waals surface area contributed by atoms with Crippen molar-refractivity contribution in [1.29, 1.82) is 0 Å². The first-order chi connectivity index (χ1) is 14.7. The second-order valence-corrected chi connectivity index (χ2v) is 7.02. The molecule has 2 amide bonds. The zero-order valence-corrected chi connectivity index (χ0v) is 17.0. The number of anilines is 2. The third-order valence-corrected chi connectivity index (χ3v) is 5.09. The third kappa shape index (κ3) is 4.66. The van der Waals surface area contributed by atoms with Crippen molar-refractivity contribution < 1.29 is 14.3 Å². The fourth-order valence-corrected chi connectivity index (χ4v) is 3.44. The molecule has 1 heterocycles. The molecule has 154 valence electrons. The third-order valence-electron chi connectivity index (χ3n) is 5.09. The maximum absolute atomic E-state index is 12.8. The molecule has 0 unspecified atom stereocenters. The highest BCUT2D eigenvalue weighted by molar-refractivity contribution is 5.91. The van der Waals surface area contributed by atoms with Gasteiger partial charge in [0.1, 0.15) is 11.5 Å². The Hall–Kier alpha value is -3.67. The summed E-state index contributed by atoms with van der Waals surface area (Å²) in [6.45, 7) is 2.82. The van der Waals surface area contributed by atoms with Crippen molar-refractivity contribution in [3.05, 3.63) is 78.9 Å². The van der Waals surface area contributed by atoms with Crippen LogP contribution in [0.4, 0.5) is 16.2 Å². The van der Waals surface area contributed by atoms with E-state index in [1.165, 1.54) is 0 Å². The van der Waals surface area contributed by atoms with Crippen LogP contribution in [0.25, 0.3) is 0 Å². The van der Waals surface area contributed by atoms with Crippen molar-refractivity contribution in [2.24, 2.45) is 0 Å². The van der Waals surface area contributed by atoms with Crippen LogP contribution >= 0.6 is 0 Å². The molecule has 1 fully saturated rings. The molecule has 6 nitrogen and oxygen atoms in total. The number of urea groups is 1. The van der Waals surface area contributed by atoms with Crippen LogP contribution in [-0.4, -0.2) is 44.2 Å². The van der Waals surface area contributed by atoms with Crippen LogP contribution in [0.2, 0.25) is 0 Å². The molecule has 3 aromatic carbocycles. The molecule has 0 spiro atoms. The van der Waals surface area contributed by atoms with Crippen molar-refractivity contribution in [3.8, 4) is 17.2 Å². The van der Waals surface area contributed by atoms with Crippen LogP contribution in [-0.2, 0) is 0 Å². The van der Waals surface area contributed by atoms with Crippen LogP contribution in [0.1, 0.15) is 0 Å². The molecule has 0 saturated carbocycles. The molecule has 6 heteroatoms. The summed E-state index contributed by atoms with van der Waals surface area (Å²) in [5, 5.41) is 3.00. The number of carbonyl (C=O) groups excluding carboxylic acids is 1. The molecule has 0 atom stereocenters. The second kappa shape index (κ2) is 9.22. The van der Waals surface area contributed by atoms with Crippen molar-refractivity contribution in [3.63, 3.8) is 0 Å². The summed E-state index contributed by atoms with van der Waals surface area (Å²) in [5.74, 6) is 2.18. The topological polar surface area (TPSA) is 54.0 Å². The van der Waals surface area contributed by atoms with Crippen molar-refractivity contribution in [2.75, 3.05) is 43.5 Å². The van der Waals surface area contributed by atoms with E-state index in [2.05, 4.69) is 16.3 Å². The van der Waals surface area contributed by atoms with Crippen molar-refractivity contribution in [1.82, 2.24) is 4.90 Å². The Labute approximate surface area is 176 Å². The highest BCUT2D eigenvalue weighted by atomic mass is 16.5. The molecule has 0 aliphatic carbocycles. The smallest absolute Gasteiger partial charge is 0.322 e. The van der Waals surface area contributed by atoms with Gasteiger partial charge in [-0.15, -0.1) is 0 Å². The fourth-order valence-electron chi connectivity index (χ4n) is 3.44. The Morgan fingerprint density at radius 2 is 1.53 bits per heavy atom. The number of para-hydroxylation sites is 3. The van der Waals surface area contributed by atoms with E-state index in [1.54, 1.807) is 7.11 Å². The van der Waals surface area contributed by atoms with E-state index in [4.69, 9.17) is 9.47 Å². The molecule has 30 heavy (non-hydrogen) atoms. The van der Waals surface area contributed by atoms with Crippen LogP contribution in [0.5, 0.6) is 17.2 Å². The summed E-state index contributed by atoms with van der Waals surface area (Å²) in [7, 11) is 1.67. The van der Waals surface area contributed by atoms with Gasteiger partial charge in [0.25, 0.3) is 0 Å². The Morgan fingerprint density at radius 3 is 2.30 bits per heavy atom. The Balaban J connectivity index is 1.37. The minimum Gasteiger partial charge on any atom is -0.497 e. The van der Waals surface area contributed by atoms with Gasteiger partial charge in [0.15, 0.2) is 5.75 Å². The highest BCUT2D eigenvalue weighted by Crippen LogP contribution is 2.29. The number of rotatable bonds is 5. The number of carbonyl (C=O) groups is 1. The average molecular weight is 403 g/mol. The fraction of sp³-hybridized carbons (Fsp3) is 0.208. The van der Waals surface area contributed by atoms with Crippen LogP contribution in [0.15, 0.2) is 78.9 Å². The van der Waals surface area contributed by atoms with E-state index < -0.39 is 0 Å². The molecular weight excluding hydrogens is 378 g/mol. The van der Waals surface area contributed by atoms with Gasteiger partial charge in [0, 0.05) is 37.9 Å². The molecule has 1 aliphatic rings. The summed E-state index contributed by atoms with van der Waals surface area (Å²) in [6.07, 6.45) is 0. The minimum atomic E-state index is -0.121. The van der Waals surface area contributed by atoms with Gasteiger partial charge in [-0.3, -0.25) is 0 Å². The maximum Gasteiger partial charge on any atom is 0.322 e. The number of amides is 2. The summed E-state index contributed by atoms with van der Waals surface area (Å²) in [5.41, 5.74) is 1.76. The van der Waals surface area contributed by atoms with Crippen LogP contribution in [0, 0.1) is 0 Å². The number of nitrogens with one attached hydrogen (secondary N) is 1. The van der Waals surface area contributed by atoms with E-state index in [-0.39, 0.29) is 6.03 Å². The maximum atomic E-state index is 12.8. The van der Waals surface area contributed by atoms with Gasteiger partial charge in [0.05, 0.1) is 12.8 Å². The zero-order chi connectivity index (χ0) is 20.8.